The molecule has 0 aliphatic carbocycles. The largest absolute Gasteiger partial charge is 0.260 e. The third-order valence-corrected chi connectivity index (χ3v) is 2.52. The van der Waals surface area contributed by atoms with E-state index in [9.17, 15) is 8.42 Å². The Kier molecular flexibility index (Phi) is 1.99. The average molecular weight is 241 g/mol. The van der Waals surface area contributed by atoms with Crippen molar-refractivity contribution in [2.24, 2.45) is 12.2 Å². The van der Waals surface area contributed by atoms with Crippen LogP contribution in [0.4, 0.5) is 0 Å². The van der Waals surface area contributed by atoms with Crippen molar-refractivity contribution in [3.63, 3.8) is 0 Å². The van der Waals surface area contributed by atoms with Gasteiger partial charge in [-0.25, -0.2) is 13.6 Å². The van der Waals surface area contributed by atoms with Crippen LogP contribution in [0.25, 0.3) is 0 Å². The third kappa shape index (κ3) is 1.76. The molecule has 8 heteroatoms. The van der Waals surface area contributed by atoms with Gasteiger partial charge in [-0.2, -0.15) is 4.80 Å². The molecule has 62 valence electrons. The van der Waals surface area contributed by atoms with E-state index in [1.807, 2.05) is 0 Å². The Morgan fingerprint density at radius 2 is 2.09 bits per heavy atom. The second-order valence-electron chi connectivity index (χ2n) is 1.83. The maximum atomic E-state index is 10.7. The maximum absolute atomic E-state index is 10.7. The Labute approximate surface area is 71.6 Å². The predicted molar refractivity (Wildman–Crippen MR) is 40.1 cm³/mol. The van der Waals surface area contributed by atoms with E-state index in [-0.39, 0.29) is 9.63 Å². The number of halogens is 1. The molecule has 1 aromatic rings. The first-order valence-corrected chi connectivity index (χ1v) is 4.85. The maximum Gasteiger partial charge on any atom is 0.260 e. The van der Waals surface area contributed by atoms with Gasteiger partial charge in [-0.3, -0.25) is 0 Å². The summed E-state index contributed by atoms with van der Waals surface area (Å²) in [6, 6.07) is 0. The highest BCUT2D eigenvalue weighted by molar-refractivity contribution is 9.10. The lowest BCUT2D eigenvalue weighted by Crippen LogP contribution is -2.13. The number of sulfonamides is 1. The molecule has 11 heavy (non-hydrogen) atoms. The van der Waals surface area contributed by atoms with Crippen molar-refractivity contribution in [3.8, 4) is 0 Å². The third-order valence-electron chi connectivity index (χ3n) is 0.914. The SMILES string of the molecule is Cn1nc(Br)c(S(N)(=O)=O)n1. The smallest absolute Gasteiger partial charge is 0.223 e. The molecule has 0 aliphatic heterocycles. The van der Waals surface area contributed by atoms with Gasteiger partial charge in [0, 0.05) is 7.05 Å². The normalized spacial score (nSPS) is 11.9. The molecule has 2 N–H and O–H groups in total. The summed E-state index contributed by atoms with van der Waals surface area (Å²) in [7, 11) is -2.25. The lowest BCUT2D eigenvalue weighted by Gasteiger charge is -1.87. The molecule has 1 heterocycles. The van der Waals surface area contributed by atoms with Crippen molar-refractivity contribution < 1.29 is 8.42 Å². The van der Waals surface area contributed by atoms with E-state index < -0.39 is 10.0 Å². The molecular formula is C3H5BrN4O2S. The van der Waals surface area contributed by atoms with Crippen molar-refractivity contribution in [1.82, 2.24) is 15.0 Å². The van der Waals surface area contributed by atoms with Crippen LogP contribution in [0.15, 0.2) is 9.63 Å². The minimum Gasteiger partial charge on any atom is -0.223 e. The molecule has 0 radical (unpaired) electrons. The molecule has 0 aliphatic rings. The number of nitrogens with two attached hydrogens (primary N) is 1. The van der Waals surface area contributed by atoms with E-state index in [2.05, 4.69) is 26.1 Å². The molecule has 0 atom stereocenters. The molecule has 0 unspecified atom stereocenters. The molecule has 0 bridgehead atoms. The topological polar surface area (TPSA) is 90.9 Å². The van der Waals surface area contributed by atoms with Crippen molar-refractivity contribution in [1.29, 1.82) is 0 Å². The van der Waals surface area contributed by atoms with Gasteiger partial charge in [0.2, 0.25) is 5.03 Å². The summed E-state index contributed by atoms with van der Waals surface area (Å²) in [5.74, 6) is 0. The van der Waals surface area contributed by atoms with Gasteiger partial charge in [0.1, 0.15) is 0 Å². The number of aromatic nitrogens is 3. The molecule has 0 fully saturated rings. The van der Waals surface area contributed by atoms with Crippen molar-refractivity contribution >= 4 is 26.0 Å². The second-order valence-corrected chi connectivity index (χ2v) is 4.06. The van der Waals surface area contributed by atoms with Gasteiger partial charge in [0.05, 0.1) is 0 Å². The van der Waals surface area contributed by atoms with Gasteiger partial charge >= 0.3 is 0 Å². The number of primary sulfonamides is 1. The molecule has 0 amide bonds. The van der Waals surface area contributed by atoms with Crippen LogP contribution in [0, 0.1) is 0 Å². The van der Waals surface area contributed by atoms with Crippen LogP contribution in [-0.4, -0.2) is 23.4 Å². The number of nitrogens with zero attached hydrogens (tertiary/aromatic N) is 3. The summed E-state index contributed by atoms with van der Waals surface area (Å²) in [4.78, 5) is 1.11. The van der Waals surface area contributed by atoms with E-state index in [0.717, 1.165) is 4.80 Å². The van der Waals surface area contributed by atoms with Crippen molar-refractivity contribution in [3.05, 3.63) is 4.60 Å². The number of hydrogen-bond donors (Lipinski definition) is 1. The Morgan fingerprint density at radius 1 is 1.55 bits per heavy atom. The summed E-state index contributed by atoms with van der Waals surface area (Å²) < 4.78 is 21.5. The summed E-state index contributed by atoms with van der Waals surface area (Å²) in [5, 5.41) is 11.7. The highest BCUT2D eigenvalue weighted by atomic mass is 79.9. The van der Waals surface area contributed by atoms with E-state index in [1.165, 1.54) is 7.05 Å². The standard InChI is InChI=1S/C3H5BrN4O2S/c1-8-6-2(4)3(7-8)11(5,9)10/h1H3,(H2,5,9,10). The molecular weight excluding hydrogens is 236 g/mol. The minimum absolute atomic E-state index is 0.127. The number of hydrogen-bond acceptors (Lipinski definition) is 4. The summed E-state index contributed by atoms with van der Waals surface area (Å²) in [5.41, 5.74) is 0. The summed E-state index contributed by atoms with van der Waals surface area (Å²) >= 11 is 2.90. The lowest BCUT2D eigenvalue weighted by atomic mass is 10.9. The van der Waals surface area contributed by atoms with Crippen molar-refractivity contribution in [2.45, 2.75) is 5.03 Å². The minimum atomic E-state index is -3.75. The van der Waals surface area contributed by atoms with Crippen LogP contribution in [-0.2, 0) is 17.1 Å². The molecule has 1 rings (SSSR count). The average Bonchev–Trinajstić information content (AvgIpc) is 2.08. The number of aryl methyl sites for hydroxylation is 1. The van der Waals surface area contributed by atoms with Crippen LogP contribution in [0.3, 0.4) is 0 Å². The zero-order valence-electron chi connectivity index (χ0n) is 5.52. The van der Waals surface area contributed by atoms with E-state index in [1.54, 1.807) is 0 Å². The van der Waals surface area contributed by atoms with E-state index in [0.29, 0.717) is 0 Å². The molecule has 0 saturated heterocycles. The van der Waals surface area contributed by atoms with Gasteiger partial charge in [-0.05, 0) is 15.9 Å². The quantitative estimate of drug-likeness (QED) is 0.698. The zero-order valence-corrected chi connectivity index (χ0v) is 7.92. The predicted octanol–water partition coefficient (Wildman–Crippen LogP) is -0.775. The van der Waals surface area contributed by atoms with Crippen LogP contribution >= 0.6 is 15.9 Å². The van der Waals surface area contributed by atoms with E-state index >= 15 is 0 Å². The molecule has 6 nitrogen and oxygen atoms in total. The molecule has 0 saturated carbocycles. The highest BCUT2D eigenvalue weighted by Crippen LogP contribution is 2.13. The first-order chi connectivity index (χ1) is 4.91. The van der Waals surface area contributed by atoms with Crippen molar-refractivity contribution in [2.75, 3.05) is 0 Å². The Hall–Kier alpha value is -0.470. The fourth-order valence-electron chi connectivity index (χ4n) is 0.539. The van der Waals surface area contributed by atoms with Crippen LogP contribution < -0.4 is 5.14 Å². The Bertz CT molecular complexity index is 369. The van der Waals surface area contributed by atoms with Crippen LogP contribution in [0.5, 0.6) is 0 Å². The Balaban J connectivity index is 3.36. The second kappa shape index (κ2) is 2.54. The van der Waals surface area contributed by atoms with Gasteiger partial charge in [-0.15, -0.1) is 10.2 Å². The highest BCUT2D eigenvalue weighted by Gasteiger charge is 2.17. The van der Waals surface area contributed by atoms with Gasteiger partial charge in [0.25, 0.3) is 10.0 Å². The molecule has 0 aromatic carbocycles. The zero-order chi connectivity index (χ0) is 8.65. The summed E-state index contributed by atoms with van der Waals surface area (Å²) in [6.07, 6.45) is 0. The monoisotopic (exact) mass is 240 g/mol. The fraction of sp³-hybridized carbons (Fsp3) is 0.333. The van der Waals surface area contributed by atoms with Crippen LogP contribution in [0.2, 0.25) is 0 Å². The van der Waals surface area contributed by atoms with Crippen LogP contribution in [0.1, 0.15) is 0 Å². The lowest BCUT2D eigenvalue weighted by molar-refractivity contribution is 0.585. The van der Waals surface area contributed by atoms with Gasteiger partial charge < -0.3 is 0 Å². The first-order valence-electron chi connectivity index (χ1n) is 2.51. The molecule has 1 aromatic heterocycles. The van der Waals surface area contributed by atoms with Gasteiger partial charge in [0.15, 0.2) is 4.60 Å². The molecule has 0 spiro atoms. The first kappa shape index (κ1) is 8.62. The Morgan fingerprint density at radius 3 is 2.27 bits per heavy atom. The van der Waals surface area contributed by atoms with E-state index in [4.69, 9.17) is 5.14 Å². The number of rotatable bonds is 1. The summed E-state index contributed by atoms with van der Waals surface area (Å²) in [6.45, 7) is 0. The fourth-order valence-corrected chi connectivity index (χ4v) is 2.03. The van der Waals surface area contributed by atoms with Gasteiger partial charge in [-0.1, -0.05) is 0 Å².